The molecule has 0 saturated heterocycles. The summed E-state index contributed by atoms with van der Waals surface area (Å²) in [6, 6.07) is 0. The highest BCUT2D eigenvalue weighted by molar-refractivity contribution is 8.28. The van der Waals surface area contributed by atoms with Crippen LogP contribution < -0.4 is 0 Å². The molecular formula is C11H26N2OS. The molecule has 0 bridgehead atoms. The lowest BCUT2D eigenvalue weighted by atomic mass is 10.1. The Hall–Kier alpha value is -0.220. The predicted octanol–water partition coefficient (Wildman–Crippen LogP) is 2.03. The molecule has 0 saturated carbocycles. The van der Waals surface area contributed by atoms with Crippen molar-refractivity contribution in [3.05, 3.63) is 0 Å². The van der Waals surface area contributed by atoms with E-state index in [1.54, 1.807) is 0 Å². The van der Waals surface area contributed by atoms with Gasteiger partial charge in [0.25, 0.3) is 5.24 Å². The molecule has 0 atom stereocenters. The van der Waals surface area contributed by atoms with Gasteiger partial charge in [0.15, 0.2) is 0 Å². The van der Waals surface area contributed by atoms with Crippen LogP contribution in [0.5, 0.6) is 0 Å². The molecule has 1 amide bonds. The second-order valence-electron chi connectivity index (χ2n) is 5.19. The molecule has 0 rings (SSSR count). The average Bonchev–Trinajstić information content (AvgIpc) is 2.10. The molecule has 0 spiro atoms. The van der Waals surface area contributed by atoms with Crippen LogP contribution in [0.2, 0.25) is 0 Å². The molecule has 0 aliphatic rings. The molecule has 0 aromatic heterocycles. The fraction of sp³-hybridized carbons (Fsp3) is 0.909. The van der Waals surface area contributed by atoms with Gasteiger partial charge in [-0.25, -0.2) is 0 Å². The molecule has 3 nitrogen and oxygen atoms in total. The molecular weight excluding hydrogens is 208 g/mol. The Labute approximate surface area is 97.2 Å². The van der Waals surface area contributed by atoms with Crippen LogP contribution in [0, 0.1) is 0 Å². The second kappa shape index (κ2) is 5.75. The number of likely N-dealkylation sites (N-methyl/N-ethyl adjacent to an activating group) is 2. The summed E-state index contributed by atoms with van der Waals surface area (Å²) >= 11 is 0. The van der Waals surface area contributed by atoms with Gasteiger partial charge in [-0.1, -0.05) is 0 Å². The third kappa shape index (κ3) is 5.42. The van der Waals surface area contributed by atoms with E-state index in [1.807, 2.05) is 24.5 Å². The number of carbonyl (C=O) groups excluding carboxylic acids is 1. The molecule has 92 valence electrons. The van der Waals surface area contributed by atoms with Gasteiger partial charge in [-0.2, -0.15) is 10.9 Å². The predicted molar refractivity (Wildman–Crippen MR) is 71.2 cm³/mol. The monoisotopic (exact) mass is 234 g/mol. The zero-order valence-corrected chi connectivity index (χ0v) is 12.1. The molecule has 0 N–H and O–H groups in total. The quantitative estimate of drug-likeness (QED) is 0.755. The van der Waals surface area contributed by atoms with Crippen molar-refractivity contribution in [2.75, 3.05) is 39.7 Å². The van der Waals surface area contributed by atoms with Crippen molar-refractivity contribution < 1.29 is 4.79 Å². The lowest BCUT2D eigenvalue weighted by Crippen LogP contribution is -2.43. The summed E-state index contributed by atoms with van der Waals surface area (Å²) in [6.07, 6.45) is 4.00. The highest BCUT2D eigenvalue weighted by Gasteiger charge is 2.18. The first-order valence-corrected chi connectivity index (χ1v) is 7.53. The molecule has 15 heavy (non-hydrogen) atoms. The Morgan fingerprint density at radius 1 is 1.13 bits per heavy atom. The Kier molecular flexibility index (Phi) is 5.67. The minimum absolute atomic E-state index is 0.174. The largest absolute Gasteiger partial charge is 0.337 e. The molecule has 0 aromatic rings. The van der Waals surface area contributed by atoms with Crippen LogP contribution in [-0.2, 0) is 0 Å². The second-order valence-corrected chi connectivity index (χ2v) is 7.36. The van der Waals surface area contributed by atoms with E-state index in [4.69, 9.17) is 0 Å². The minimum Gasteiger partial charge on any atom is -0.337 e. The Morgan fingerprint density at radius 3 is 1.93 bits per heavy atom. The third-order valence-electron chi connectivity index (χ3n) is 2.63. The number of thiol groups is 1. The van der Waals surface area contributed by atoms with Crippen molar-refractivity contribution >= 4 is 16.1 Å². The van der Waals surface area contributed by atoms with Gasteiger partial charge in [-0.05, 0) is 40.3 Å². The van der Waals surface area contributed by atoms with E-state index < -0.39 is 10.9 Å². The van der Waals surface area contributed by atoms with Gasteiger partial charge in [0.2, 0.25) is 0 Å². The van der Waals surface area contributed by atoms with Crippen LogP contribution in [0.4, 0.5) is 4.79 Å². The van der Waals surface area contributed by atoms with Gasteiger partial charge in [0.05, 0.1) is 0 Å². The van der Waals surface area contributed by atoms with Crippen LogP contribution in [0.3, 0.4) is 0 Å². The number of hydrogen-bond donors (Lipinski definition) is 1. The van der Waals surface area contributed by atoms with Gasteiger partial charge in [-0.3, -0.25) is 9.69 Å². The van der Waals surface area contributed by atoms with Gasteiger partial charge in [-0.15, -0.1) is 0 Å². The molecule has 0 aromatic carbocycles. The first kappa shape index (κ1) is 14.8. The van der Waals surface area contributed by atoms with Crippen molar-refractivity contribution in [1.82, 2.24) is 9.80 Å². The van der Waals surface area contributed by atoms with E-state index in [9.17, 15) is 4.79 Å². The molecule has 4 heteroatoms. The van der Waals surface area contributed by atoms with Crippen molar-refractivity contribution in [2.24, 2.45) is 0 Å². The van der Waals surface area contributed by atoms with E-state index in [0.29, 0.717) is 0 Å². The molecule has 0 radical (unpaired) electrons. The van der Waals surface area contributed by atoms with Crippen molar-refractivity contribution in [1.29, 1.82) is 0 Å². The van der Waals surface area contributed by atoms with E-state index in [2.05, 4.69) is 32.7 Å². The first-order valence-electron chi connectivity index (χ1n) is 5.30. The topological polar surface area (TPSA) is 23.6 Å². The smallest absolute Gasteiger partial charge is 0.261 e. The highest BCUT2D eigenvalue weighted by atomic mass is 32.2. The fourth-order valence-electron chi connectivity index (χ4n) is 1.07. The molecule has 0 unspecified atom stereocenters. The Bertz CT molecular complexity index is 211. The van der Waals surface area contributed by atoms with Gasteiger partial charge < -0.3 is 4.90 Å². The van der Waals surface area contributed by atoms with E-state index in [-0.39, 0.29) is 10.8 Å². The van der Waals surface area contributed by atoms with Gasteiger partial charge in [0.1, 0.15) is 0 Å². The molecule has 0 aliphatic carbocycles. The van der Waals surface area contributed by atoms with Crippen LogP contribution >= 0.6 is 10.9 Å². The summed E-state index contributed by atoms with van der Waals surface area (Å²) in [5.41, 5.74) is 0.174. The molecule has 0 aliphatic heterocycles. The van der Waals surface area contributed by atoms with Crippen LogP contribution in [-0.4, -0.2) is 60.3 Å². The maximum atomic E-state index is 11.6. The van der Waals surface area contributed by atoms with Gasteiger partial charge in [0, 0.05) is 25.7 Å². The maximum Gasteiger partial charge on any atom is 0.261 e. The Morgan fingerprint density at radius 2 is 1.60 bits per heavy atom. The number of nitrogens with zero attached hydrogens (tertiary/aromatic N) is 2. The van der Waals surface area contributed by atoms with E-state index >= 15 is 0 Å². The van der Waals surface area contributed by atoms with Crippen molar-refractivity contribution in [3.8, 4) is 0 Å². The van der Waals surface area contributed by atoms with E-state index in [1.165, 1.54) is 0 Å². The fourth-order valence-corrected chi connectivity index (χ4v) is 1.86. The maximum absolute atomic E-state index is 11.6. The van der Waals surface area contributed by atoms with Crippen LogP contribution in [0.25, 0.3) is 0 Å². The molecule has 0 fully saturated rings. The third-order valence-corrected chi connectivity index (χ3v) is 3.73. The van der Waals surface area contributed by atoms with Crippen molar-refractivity contribution in [2.45, 2.75) is 26.3 Å². The number of carbonyl (C=O) groups is 1. The summed E-state index contributed by atoms with van der Waals surface area (Å²) < 4.78 is 0. The Balaban J connectivity index is 4.01. The van der Waals surface area contributed by atoms with Gasteiger partial charge >= 0.3 is 0 Å². The lowest BCUT2D eigenvalue weighted by molar-refractivity contribution is 0.160. The standard InChI is InChI=1S/C11H26N2OS/c1-11(2,3)13(5)9-8-12(4)10(14)15(6)7/h15H,8-9H2,1-7H3. The van der Waals surface area contributed by atoms with Crippen LogP contribution in [0.15, 0.2) is 0 Å². The average molecular weight is 234 g/mol. The normalized spacial score (nSPS) is 12.9. The number of amides is 1. The number of hydrogen-bond acceptors (Lipinski definition) is 2. The zero-order valence-electron chi connectivity index (χ0n) is 11.2. The van der Waals surface area contributed by atoms with Crippen molar-refractivity contribution in [3.63, 3.8) is 0 Å². The SMILES string of the molecule is CN(CCN(C)C(C)(C)C)C(=O)[SH](C)C. The summed E-state index contributed by atoms with van der Waals surface area (Å²) in [6.45, 7) is 8.28. The summed E-state index contributed by atoms with van der Waals surface area (Å²) in [7, 11) is 3.49. The minimum atomic E-state index is -0.491. The van der Waals surface area contributed by atoms with E-state index in [0.717, 1.165) is 13.1 Å². The molecule has 0 heterocycles. The summed E-state index contributed by atoms with van der Waals surface area (Å²) in [5, 5.41) is 0.285. The lowest BCUT2D eigenvalue weighted by Gasteiger charge is -2.33. The number of rotatable bonds is 3. The summed E-state index contributed by atoms with van der Waals surface area (Å²) in [4.78, 5) is 15.8. The zero-order chi connectivity index (χ0) is 12.2. The summed E-state index contributed by atoms with van der Waals surface area (Å²) in [5.74, 6) is 0. The van der Waals surface area contributed by atoms with Crippen LogP contribution in [0.1, 0.15) is 20.8 Å². The first-order chi connectivity index (χ1) is 6.66. The highest BCUT2D eigenvalue weighted by Crippen LogP contribution is 2.18.